The van der Waals surface area contributed by atoms with E-state index in [2.05, 4.69) is 10.3 Å². The Morgan fingerprint density at radius 3 is 2.78 bits per heavy atom. The first-order chi connectivity index (χ1) is 11.0. The van der Waals surface area contributed by atoms with E-state index in [-0.39, 0.29) is 11.2 Å². The van der Waals surface area contributed by atoms with Crippen LogP contribution in [-0.4, -0.2) is 14.3 Å². The third-order valence-electron chi connectivity index (χ3n) is 3.46. The molecule has 3 aromatic rings. The van der Waals surface area contributed by atoms with Crippen molar-refractivity contribution in [3.8, 4) is 0 Å². The number of benzene rings is 1. The van der Waals surface area contributed by atoms with Gasteiger partial charge in [0.2, 0.25) is 0 Å². The number of non-ortho nitro benzene ring substituents is 1. The predicted octanol–water partition coefficient (Wildman–Crippen LogP) is 2.52. The van der Waals surface area contributed by atoms with Crippen LogP contribution in [0.4, 0.5) is 11.4 Å². The summed E-state index contributed by atoms with van der Waals surface area (Å²) >= 11 is 0. The fourth-order valence-electron chi connectivity index (χ4n) is 2.38. The van der Waals surface area contributed by atoms with Crippen LogP contribution in [0.5, 0.6) is 0 Å². The van der Waals surface area contributed by atoms with E-state index in [1.165, 1.54) is 22.6 Å². The molecule has 0 atom stereocenters. The maximum atomic E-state index is 12.2. The number of pyridine rings is 1. The number of nitro benzene ring substituents is 1. The normalized spacial score (nSPS) is 10.7. The lowest BCUT2D eigenvalue weighted by Gasteiger charge is -2.08. The van der Waals surface area contributed by atoms with Gasteiger partial charge in [0.1, 0.15) is 5.65 Å². The van der Waals surface area contributed by atoms with Gasteiger partial charge in [0.15, 0.2) is 0 Å². The first-order valence-corrected chi connectivity index (χ1v) is 7.01. The highest BCUT2D eigenvalue weighted by Gasteiger charge is 2.07. The number of rotatable bonds is 4. The van der Waals surface area contributed by atoms with Crippen LogP contribution in [-0.2, 0) is 6.54 Å². The van der Waals surface area contributed by atoms with E-state index < -0.39 is 4.92 Å². The molecule has 7 heteroatoms. The van der Waals surface area contributed by atoms with E-state index in [1.54, 1.807) is 18.2 Å². The molecule has 1 N–H and O–H groups in total. The Hall–Kier alpha value is -3.22. The molecule has 0 spiro atoms. The first kappa shape index (κ1) is 14.7. The Morgan fingerprint density at radius 1 is 1.22 bits per heavy atom. The molecule has 0 unspecified atom stereocenters. The minimum Gasteiger partial charge on any atom is -0.379 e. The van der Waals surface area contributed by atoms with E-state index in [0.29, 0.717) is 23.6 Å². The summed E-state index contributed by atoms with van der Waals surface area (Å²) in [7, 11) is 0. The Bertz CT molecular complexity index is 949. The minimum absolute atomic E-state index is 0.0113. The standard InChI is InChI=1S/C16H14N4O3/c1-11-4-2-7-15-18-13(9-16(21)19(11)15)10-17-12-5-3-6-14(8-12)20(22)23/h2-9,17H,10H2,1H3. The monoisotopic (exact) mass is 310 g/mol. The van der Waals surface area contributed by atoms with Crippen molar-refractivity contribution < 1.29 is 4.92 Å². The van der Waals surface area contributed by atoms with Crippen molar-refractivity contribution in [2.24, 2.45) is 0 Å². The summed E-state index contributed by atoms with van der Waals surface area (Å²) in [5.74, 6) is 0. The zero-order valence-electron chi connectivity index (χ0n) is 12.4. The predicted molar refractivity (Wildman–Crippen MR) is 86.6 cm³/mol. The second-order valence-electron chi connectivity index (χ2n) is 5.11. The van der Waals surface area contributed by atoms with Crippen molar-refractivity contribution in [3.05, 3.63) is 80.4 Å². The molecule has 7 nitrogen and oxygen atoms in total. The number of anilines is 1. The number of nitrogens with zero attached hydrogens (tertiary/aromatic N) is 3. The van der Waals surface area contributed by atoms with Crippen LogP contribution in [0.15, 0.2) is 53.3 Å². The Balaban J connectivity index is 1.87. The van der Waals surface area contributed by atoms with Crippen LogP contribution in [0.1, 0.15) is 11.4 Å². The number of hydrogen-bond donors (Lipinski definition) is 1. The summed E-state index contributed by atoms with van der Waals surface area (Å²) in [4.78, 5) is 26.9. The summed E-state index contributed by atoms with van der Waals surface area (Å²) in [5, 5.41) is 13.8. The van der Waals surface area contributed by atoms with Crippen LogP contribution in [0.3, 0.4) is 0 Å². The van der Waals surface area contributed by atoms with Gasteiger partial charge in [-0.15, -0.1) is 0 Å². The molecule has 116 valence electrons. The number of nitrogens with one attached hydrogen (secondary N) is 1. The summed E-state index contributed by atoms with van der Waals surface area (Å²) in [5.41, 5.74) is 2.44. The number of hydrogen-bond acceptors (Lipinski definition) is 5. The molecule has 0 amide bonds. The lowest BCUT2D eigenvalue weighted by molar-refractivity contribution is -0.384. The summed E-state index contributed by atoms with van der Waals surface area (Å²) in [6.45, 7) is 2.15. The molecule has 0 aliphatic heterocycles. The molecule has 0 aliphatic rings. The van der Waals surface area contributed by atoms with Crippen LogP contribution in [0.25, 0.3) is 5.65 Å². The zero-order chi connectivity index (χ0) is 16.4. The van der Waals surface area contributed by atoms with Crippen molar-refractivity contribution in [1.82, 2.24) is 9.38 Å². The van der Waals surface area contributed by atoms with Gasteiger partial charge in [0, 0.05) is 29.6 Å². The Kier molecular flexibility index (Phi) is 3.76. The van der Waals surface area contributed by atoms with Gasteiger partial charge in [-0.2, -0.15) is 0 Å². The van der Waals surface area contributed by atoms with Crippen LogP contribution < -0.4 is 10.9 Å². The van der Waals surface area contributed by atoms with Crippen molar-refractivity contribution in [2.45, 2.75) is 13.5 Å². The molecule has 0 fully saturated rings. The van der Waals surface area contributed by atoms with Gasteiger partial charge in [0.25, 0.3) is 11.2 Å². The zero-order valence-corrected chi connectivity index (χ0v) is 12.4. The molecule has 0 saturated heterocycles. The molecule has 3 rings (SSSR count). The lowest BCUT2D eigenvalue weighted by Crippen LogP contribution is -2.18. The van der Waals surface area contributed by atoms with E-state index in [4.69, 9.17) is 0 Å². The van der Waals surface area contributed by atoms with Crippen LogP contribution in [0.2, 0.25) is 0 Å². The molecule has 0 bridgehead atoms. The molecular formula is C16H14N4O3. The van der Waals surface area contributed by atoms with Crippen molar-refractivity contribution in [1.29, 1.82) is 0 Å². The first-order valence-electron chi connectivity index (χ1n) is 7.01. The van der Waals surface area contributed by atoms with Gasteiger partial charge in [-0.25, -0.2) is 4.98 Å². The SMILES string of the molecule is Cc1cccc2nc(CNc3cccc([N+](=O)[O-])c3)cc(=O)n12. The fraction of sp³-hybridized carbons (Fsp3) is 0.125. The molecule has 23 heavy (non-hydrogen) atoms. The maximum Gasteiger partial charge on any atom is 0.271 e. The third kappa shape index (κ3) is 3.03. The molecule has 0 saturated carbocycles. The Labute approximate surface area is 131 Å². The number of aromatic nitrogens is 2. The highest BCUT2D eigenvalue weighted by atomic mass is 16.6. The summed E-state index contributed by atoms with van der Waals surface area (Å²) < 4.78 is 1.54. The van der Waals surface area contributed by atoms with Crippen LogP contribution >= 0.6 is 0 Å². The number of nitro groups is 1. The summed E-state index contributed by atoms with van der Waals surface area (Å²) in [6, 6.07) is 13.1. The van der Waals surface area contributed by atoms with E-state index in [0.717, 1.165) is 5.69 Å². The Morgan fingerprint density at radius 2 is 2.00 bits per heavy atom. The summed E-state index contributed by atoms with van der Waals surface area (Å²) in [6.07, 6.45) is 0. The molecule has 2 heterocycles. The van der Waals surface area contributed by atoms with Gasteiger partial charge >= 0.3 is 0 Å². The second-order valence-corrected chi connectivity index (χ2v) is 5.11. The molecule has 0 aliphatic carbocycles. The molecular weight excluding hydrogens is 296 g/mol. The van der Waals surface area contributed by atoms with Crippen molar-refractivity contribution in [2.75, 3.05) is 5.32 Å². The van der Waals surface area contributed by atoms with E-state index >= 15 is 0 Å². The van der Waals surface area contributed by atoms with Crippen LogP contribution in [0, 0.1) is 17.0 Å². The van der Waals surface area contributed by atoms with Crippen molar-refractivity contribution >= 4 is 17.0 Å². The van der Waals surface area contributed by atoms with E-state index in [9.17, 15) is 14.9 Å². The highest BCUT2D eigenvalue weighted by Crippen LogP contribution is 2.17. The topological polar surface area (TPSA) is 89.5 Å². The molecule has 0 radical (unpaired) electrons. The molecule has 1 aromatic carbocycles. The largest absolute Gasteiger partial charge is 0.379 e. The number of aryl methyl sites for hydroxylation is 1. The molecule has 2 aromatic heterocycles. The van der Waals surface area contributed by atoms with Gasteiger partial charge in [-0.05, 0) is 25.1 Å². The van der Waals surface area contributed by atoms with Gasteiger partial charge in [-0.1, -0.05) is 12.1 Å². The quantitative estimate of drug-likeness (QED) is 0.591. The smallest absolute Gasteiger partial charge is 0.271 e. The van der Waals surface area contributed by atoms with Gasteiger partial charge < -0.3 is 5.32 Å². The fourth-order valence-corrected chi connectivity index (χ4v) is 2.38. The average Bonchev–Trinajstić information content (AvgIpc) is 2.53. The van der Waals surface area contributed by atoms with Gasteiger partial charge in [-0.3, -0.25) is 19.3 Å². The number of fused-ring (bicyclic) bond motifs is 1. The minimum atomic E-state index is -0.450. The average molecular weight is 310 g/mol. The third-order valence-corrected chi connectivity index (χ3v) is 3.46. The van der Waals surface area contributed by atoms with E-state index in [1.807, 2.05) is 19.1 Å². The highest BCUT2D eigenvalue weighted by molar-refractivity contribution is 5.51. The lowest BCUT2D eigenvalue weighted by atomic mass is 10.2. The maximum absolute atomic E-state index is 12.2. The van der Waals surface area contributed by atoms with Gasteiger partial charge in [0.05, 0.1) is 17.2 Å². The second kappa shape index (κ2) is 5.88. The van der Waals surface area contributed by atoms with Crippen molar-refractivity contribution in [3.63, 3.8) is 0 Å².